The Bertz CT molecular complexity index is 759. The van der Waals surface area contributed by atoms with E-state index in [9.17, 15) is 24.1 Å². The zero-order valence-corrected chi connectivity index (χ0v) is 17.0. The summed E-state index contributed by atoms with van der Waals surface area (Å²) in [6, 6.07) is 1.37. The highest BCUT2D eigenvalue weighted by molar-refractivity contribution is 7.51. The smallest absolute Gasteiger partial charge is 0.395 e. The van der Waals surface area contributed by atoms with Crippen LogP contribution in [0.5, 0.6) is 0 Å². The number of aliphatic hydroxyl groups is 2. The fraction of sp³-hybridized carbons (Fsp3) is 0.500. The molecule has 0 aromatic rings. The number of carbonyl (C=O) groups excluding carboxylic acids is 1. The first kappa shape index (κ1) is 25.3. The summed E-state index contributed by atoms with van der Waals surface area (Å²) < 4.78 is 40.7. The number of nitrogens with zero attached hydrogens (tertiary/aromatic N) is 2. The molecule has 1 fully saturated rings. The molecule has 0 spiro atoms. The monoisotopic (exact) mass is 474 g/mol. The Kier molecular flexibility index (Phi) is 10.0. The van der Waals surface area contributed by atoms with E-state index >= 15 is 0 Å². The van der Waals surface area contributed by atoms with Crippen LogP contribution >= 0.6 is 25.5 Å². The van der Waals surface area contributed by atoms with Gasteiger partial charge in [-0.1, -0.05) is 4.31 Å². The van der Waals surface area contributed by atoms with Crippen molar-refractivity contribution in [2.45, 2.75) is 24.5 Å². The van der Waals surface area contributed by atoms with Gasteiger partial charge in [-0.05, 0) is 0 Å². The van der Waals surface area contributed by atoms with Gasteiger partial charge in [0.2, 0.25) is 9.03 Å². The summed E-state index contributed by atoms with van der Waals surface area (Å²) in [5.41, 5.74) is 8.60. The van der Waals surface area contributed by atoms with Gasteiger partial charge in [-0.15, -0.1) is 4.52 Å². The predicted octanol–water partition coefficient (Wildman–Crippen LogP) is -2.33. The number of nitrogens with two attached hydrogens (primary N) is 3. The highest BCUT2D eigenvalue weighted by Gasteiger charge is 2.49. The second-order valence-corrected chi connectivity index (χ2v) is 7.80. The molecule has 1 saturated heterocycles. The van der Waals surface area contributed by atoms with Crippen molar-refractivity contribution in [1.29, 1.82) is 10.7 Å². The Morgan fingerprint density at radius 3 is 2.45 bits per heavy atom. The number of carbonyl (C=O) groups is 1. The van der Waals surface area contributed by atoms with Crippen LogP contribution in [-0.4, -0.2) is 62.9 Å². The third kappa shape index (κ3) is 6.65. The first-order valence-electron chi connectivity index (χ1n) is 7.20. The maximum Gasteiger partial charge on any atom is 0.753 e. The number of nitriles is 1. The zero-order chi connectivity index (χ0) is 22.3. The van der Waals surface area contributed by atoms with Gasteiger partial charge in [0.25, 0.3) is 5.91 Å². The van der Waals surface area contributed by atoms with E-state index in [1.807, 2.05) is 0 Å². The van der Waals surface area contributed by atoms with E-state index < -0.39 is 79.7 Å². The summed E-state index contributed by atoms with van der Waals surface area (Å²) >= 11 is 0. The normalized spacial score (nSPS) is 26.0. The molecule has 1 heterocycles. The molecular formula is C10H17N6O10P3+2. The molecule has 0 bridgehead atoms. The molecule has 10 N–H and O–H groups in total. The molecule has 19 heteroatoms. The zero-order valence-electron chi connectivity index (χ0n) is 14.2. The fourth-order valence-electron chi connectivity index (χ4n) is 1.92. The Morgan fingerprint density at radius 1 is 1.28 bits per heavy atom. The summed E-state index contributed by atoms with van der Waals surface area (Å²) in [5, 5.41) is 36.1. The minimum Gasteiger partial charge on any atom is -0.395 e. The quantitative estimate of drug-likeness (QED) is 0.0437. The molecular weight excluding hydrogens is 457 g/mol. The van der Waals surface area contributed by atoms with Gasteiger partial charge in [-0.2, -0.15) is 5.26 Å². The van der Waals surface area contributed by atoms with E-state index in [4.69, 9.17) is 37.6 Å². The fourth-order valence-corrected chi connectivity index (χ4v) is 3.52. The van der Waals surface area contributed by atoms with Crippen molar-refractivity contribution in [3.63, 3.8) is 0 Å². The van der Waals surface area contributed by atoms with Crippen LogP contribution in [0.25, 0.3) is 0 Å². The van der Waals surface area contributed by atoms with E-state index in [1.165, 1.54) is 6.07 Å². The summed E-state index contributed by atoms with van der Waals surface area (Å²) in [6.07, 6.45) is -6.42. The third-order valence-corrected chi connectivity index (χ3v) is 5.69. The molecule has 0 aromatic carbocycles. The standard InChI is InChI=1S/C10H16N6O10P3/c11-1-3(12)5(13)6(14)9(19)16(15)10-8(18)7(17)4(24-10)2-23-28(21)26-29(22)25-27-20/h4,7-8,10,17-18,20,27H,2,15H2,(H4-,12,13,14,19)/q+1/p+1. The lowest BCUT2D eigenvalue weighted by molar-refractivity contribution is -0.149. The van der Waals surface area contributed by atoms with E-state index in [1.54, 1.807) is 0 Å². The molecule has 160 valence electrons. The number of allylic oxidation sites excluding steroid dienone is 1. The Labute approximate surface area is 166 Å². The van der Waals surface area contributed by atoms with Crippen LogP contribution in [0.3, 0.4) is 0 Å². The van der Waals surface area contributed by atoms with Gasteiger partial charge >= 0.3 is 16.5 Å². The third-order valence-electron chi connectivity index (χ3n) is 3.34. The van der Waals surface area contributed by atoms with Crippen molar-refractivity contribution in [3.05, 3.63) is 11.4 Å². The van der Waals surface area contributed by atoms with Gasteiger partial charge in [-0.25, -0.2) is 10.9 Å². The summed E-state index contributed by atoms with van der Waals surface area (Å²) in [4.78, 5) is 20.6. The molecule has 1 aliphatic rings. The number of amides is 1. The average molecular weight is 474 g/mol. The highest BCUT2D eigenvalue weighted by atomic mass is 31.2. The van der Waals surface area contributed by atoms with Gasteiger partial charge in [0.1, 0.15) is 36.7 Å². The van der Waals surface area contributed by atoms with Crippen molar-refractivity contribution >= 4 is 37.2 Å². The van der Waals surface area contributed by atoms with Gasteiger partial charge in [0.05, 0.1) is 5.70 Å². The van der Waals surface area contributed by atoms with E-state index in [0.29, 0.717) is 0 Å². The van der Waals surface area contributed by atoms with Gasteiger partial charge < -0.3 is 31.3 Å². The minimum atomic E-state index is -3.00. The van der Waals surface area contributed by atoms with Crippen LogP contribution in [0.4, 0.5) is 0 Å². The molecule has 0 aliphatic carbocycles. The lowest BCUT2D eigenvalue weighted by Crippen LogP contribution is -2.53. The number of hydrogen-bond acceptors (Lipinski definition) is 15. The molecule has 0 saturated carbocycles. The number of hydrogen-bond donors (Lipinski definition) is 7. The molecule has 7 unspecified atom stereocenters. The first-order valence-corrected chi connectivity index (χ1v) is 10.2. The molecule has 1 aliphatic heterocycles. The van der Waals surface area contributed by atoms with Crippen LogP contribution in [-0.2, 0) is 31.8 Å². The van der Waals surface area contributed by atoms with Crippen molar-refractivity contribution in [2.75, 3.05) is 6.61 Å². The maximum atomic E-state index is 12.2. The lowest BCUT2D eigenvalue weighted by Gasteiger charge is -2.26. The van der Waals surface area contributed by atoms with E-state index in [0.717, 1.165) is 0 Å². The van der Waals surface area contributed by atoms with Gasteiger partial charge in [-0.3, -0.25) is 10.2 Å². The van der Waals surface area contributed by atoms with E-state index in [-0.39, 0.29) is 5.01 Å². The average Bonchev–Trinajstić information content (AvgIpc) is 2.97. The van der Waals surface area contributed by atoms with Crippen molar-refractivity contribution in [2.24, 2.45) is 17.3 Å². The topological polar surface area (TPSA) is 278 Å². The Morgan fingerprint density at radius 2 is 1.90 bits per heavy atom. The maximum absolute atomic E-state index is 12.2. The second kappa shape index (κ2) is 11.5. The van der Waals surface area contributed by atoms with Crippen LogP contribution in [0, 0.1) is 16.7 Å². The largest absolute Gasteiger partial charge is 0.753 e. The van der Waals surface area contributed by atoms with Crippen LogP contribution in [0.1, 0.15) is 0 Å². The summed E-state index contributed by atoms with van der Waals surface area (Å²) in [7, 11) is -7.08. The molecule has 16 nitrogen and oxygen atoms in total. The van der Waals surface area contributed by atoms with Gasteiger partial charge in [0, 0.05) is 9.13 Å². The van der Waals surface area contributed by atoms with Crippen LogP contribution < -0.4 is 17.3 Å². The number of rotatable bonds is 10. The number of nitrogens with one attached hydrogen (secondary N) is 1. The van der Waals surface area contributed by atoms with Crippen LogP contribution in [0.2, 0.25) is 0 Å². The van der Waals surface area contributed by atoms with Crippen molar-refractivity contribution in [1.82, 2.24) is 5.01 Å². The second-order valence-electron chi connectivity index (χ2n) is 5.08. The molecule has 7 atom stereocenters. The molecule has 1 rings (SSSR count). The Hall–Kier alpha value is -1.72. The van der Waals surface area contributed by atoms with Crippen LogP contribution in [0.15, 0.2) is 11.4 Å². The number of ether oxygens (including phenoxy) is 1. The predicted molar refractivity (Wildman–Crippen MR) is 94.3 cm³/mol. The molecule has 1 amide bonds. The Balaban J connectivity index is 2.75. The van der Waals surface area contributed by atoms with Gasteiger partial charge in [0.15, 0.2) is 16.3 Å². The molecule has 0 aromatic heterocycles. The molecule has 29 heavy (non-hydrogen) atoms. The summed E-state index contributed by atoms with van der Waals surface area (Å²) in [6.45, 7) is -0.650. The van der Waals surface area contributed by atoms with E-state index in [2.05, 4.69) is 13.1 Å². The van der Waals surface area contributed by atoms with Crippen molar-refractivity contribution < 1.29 is 46.9 Å². The minimum absolute atomic E-state index is 0.282. The van der Waals surface area contributed by atoms with Crippen molar-refractivity contribution in [3.8, 4) is 6.07 Å². The molecule has 0 radical (unpaired) electrons. The number of hydrazine groups is 1. The number of aliphatic hydroxyl groups excluding tert-OH is 2. The first-order chi connectivity index (χ1) is 13.5. The summed E-state index contributed by atoms with van der Waals surface area (Å²) in [5.74, 6) is 4.32. The SMILES string of the molecule is N#CC(=N)/C(N)=C(\N)C(=O)N(N)C1OC(CO[P+](=O)O[P+](=O)OPO)C(O)C1O. The highest BCUT2D eigenvalue weighted by Crippen LogP contribution is 2.43. The lowest BCUT2D eigenvalue weighted by atomic mass is 10.1.